The number of carbonyl (C=O) groups excluding carboxylic acids is 1. The molecule has 3 atom stereocenters. The summed E-state index contributed by atoms with van der Waals surface area (Å²) in [6.45, 7) is 2.16. The van der Waals surface area contributed by atoms with Crippen LogP contribution < -0.4 is 5.73 Å². The first-order valence-corrected chi connectivity index (χ1v) is 7.49. The maximum Gasteiger partial charge on any atom is 0.323 e. The molecule has 94 valence electrons. The van der Waals surface area contributed by atoms with Gasteiger partial charge < -0.3 is 10.5 Å². The van der Waals surface area contributed by atoms with E-state index in [0.717, 1.165) is 18.6 Å². The molecule has 0 bridgehead atoms. The van der Waals surface area contributed by atoms with Crippen molar-refractivity contribution >= 4 is 17.7 Å². The first kappa shape index (κ1) is 13.8. The lowest BCUT2D eigenvalue weighted by atomic mass is 9.88. The van der Waals surface area contributed by atoms with Crippen LogP contribution in [0.3, 0.4) is 0 Å². The lowest BCUT2D eigenvalue weighted by Gasteiger charge is -2.29. The molecule has 1 rings (SSSR count). The second-order valence-electron chi connectivity index (χ2n) is 4.63. The van der Waals surface area contributed by atoms with Crippen molar-refractivity contribution in [1.29, 1.82) is 0 Å². The van der Waals surface area contributed by atoms with Gasteiger partial charge in [-0.2, -0.15) is 11.8 Å². The van der Waals surface area contributed by atoms with Gasteiger partial charge in [0.05, 0.1) is 0 Å². The molecule has 0 saturated heterocycles. The van der Waals surface area contributed by atoms with Gasteiger partial charge in [0.25, 0.3) is 0 Å². The fraction of sp³-hybridized carbons (Fsp3) is 0.917. The Morgan fingerprint density at radius 3 is 2.81 bits per heavy atom. The Bertz CT molecular complexity index is 223. The van der Waals surface area contributed by atoms with Gasteiger partial charge in [0.2, 0.25) is 0 Å². The Morgan fingerprint density at radius 1 is 1.50 bits per heavy atom. The molecule has 1 aliphatic carbocycles. The van der Waals surface area contributed by atoms with Crippen LogP contribution in [0.4, 0.5) is 0 Å². The zero-order valence-corrected chi connectivity index (χ0v) is 11.1. The van der Waals surface area contributed by atoms with Crippen molar-refractivity contribution < 1.29 is 9.53 Å². The van der Waals surface area contributed by atoms with E-state index in [4.69, 9.17) is 10.5 Å². The number of esters is 1. The second-order valence-corrected chi connectivity index (χ2v) is 5.61. The molecule has 0 aromatic heterocycles. The molecule has 2 N–H and O–H groups in total. The largest absolute Gasteiger partial charge is 0.461 e. The third-order valence-electron chi connectivity index (χ3n) is 3.24. The summed E-state index contributed by atoms with van der Waals surface area (Å²) in [7, 11) is 0. The number of carbonyl (C=O) groups is 1. The van der Waals surface area contributed by atoms with Crippen LogP contribution in [0.25, 0.3) is 0 Å². The number of hydrogen-bond acceptors (Lipinski definition) is 4. The minimum Gasteiger partial charge on any atom is -0.461 e. The van der Waals surface area contributed by atoms with Gasteiger partial charge in [0, 0.05) is 0 Å². The van der Waals surface area contributed by atoms with Crippen LogP contribution in [-0.2, 0) is 9.53 Å². The molecule has 4 heteroatoms. The fourth-order valence-electron chi connectivity index (χ4n) is 2.06. The molecule has 0 aliphatic heterocycles. The molecular formula is C12H23NO2S. The van der Waals surface area contributed by atoms with Crippen LogP contribution in [0.2, 0.25) is 0 Å². The predicted molar refractivity (Wildman–Crippen MR) is 68.5 cm³/mol. The third kappa shape index (κ3) is 4.34. The highest BCUT2D eigenvalue weighted by Crippen LogP contribution is 2.26. The second kappa shape index (κ2) is 7.17. The van der Waals surface area contributed by atoms with Crippen LogP contribution in [-0.4, -0.2) is 30.1 Å². The smallest absolute Gasteiger partial charge is 0.323 e. The van der Waals surface area contributed by atoms with E-state index in [9.17, 15) is 4.79 Å². The summed E-state index contributed by atoms with van der Waals surface area (Å²) in [5.74, 6) is 1.19. The molecule has 0 radical (unpaired) electrons. The van der Waals surface area contributed by atoms with Crippen molar-refractivity contribution in [2.75, 3.05) is 12.0 Å². The van der Waals surface area contributed by atoms with Gasteiger partial charge in [-0.3, -0.25) is 4.79 Å². The van der Waals surface area contributed by atoms with E-state index in [0.29, 0.717) is 12.3 Å². The molecule has 0 spiro atoms. The SMILES string of the molecule is CSCCC(N)C(=O)OC1CCCCC1C. The average Bonchev–Trinajstić information content (AvgIpc) is 2.28. The molecular weight excluding hydrogens is 222 g/mol. The minimum absolute atomic E-state index is 0.0987. The summed E-state index contributed by atoms with van der Waals surface area (Å²) in [5, 5.41) is 0. The Kier molecular flexibility index (Phi) is 6.21. The monoisotopic (exact) mass is 245 g/mol. The molecule has 1 aliphatic rings. The molecule has 1 fully saturated rings. The number of ether oxygens (including phenoxy) is 1. The van der Waals surface area contributed by atoms with Crippen LogP contribution in [0.15, 0.2) is 0 Å². The van der Waals surface area contributed by atoms with Crippen molar-refractivity contribution in [3.8, 4) is 0 Å². The predicted octanol–water partition coefficient (Wildman–Crippen LogP) is 2.19. The Morgan fingerprint density at radius 2 is 2.19 bits per heavy atom. The van der Waals surface area contributed by atoms with Gasteiger partial charge in [-0.05, 0) is 43.6 Å². The van der Waals surface area contributed by atoms with Gasteiger partial charge in [-0.15, -0.1) is 0 Å². The zero-order chi connectivity index (χ0) is 12.0. The Labute approximate surface area is 102 Å². The topological polar surface area (TPSA) is 52.3 Å². The van der Waals surface area contributed by atoms with Gasteiger partial charge in [0.1, 0.15) is 12.1 Å². The van der Waals surface area contributed by atoms with Gasteiger partial charge >= 0.3 is 5.97 Å². The summed E-state index contributed by atoms with van der Waals surface area (Å²) in [5.41, 5.74) is 5.78. The van der Waals surface area contributed by atoms with E-state index in [1.165, 1.54) is 12.8 Å². The van der Waals surface area contributed by atoms with Crippen molar-refractivity contribution in [2.45, 2.75) is 51.2 Å². The van der Waals surface area contributed by atoms with Crippen LogP contribution in [0.5, 0.6) is 0 Å². The van der Waals surface area contributed by atoms with Crippen molar-refractivity contribution in [1.82, 2.24) is 0 Å². The van der Waals surface area contributed by atoms with E-state index in [-0.39, 0.29) is 12.1 Å². The standard InChI is InChI=1S/C12H23NO2S/c1-9-5-3-4-6-11(9)15-12(14)10(13)7-8-16-2/h9-11H,3-8,13H2,1-2H3. The van der Waals surface area contributed by atoms with Crippen molar-refractivity contribution in [3.05, 3.63) is 0 Å². The normalized spacial score (nSPS) is 27.4. The summed E-state index contributed by atoms with van der Waals surface area (Å²) >= 11 is 1.71. The quantitative estimate of drug-likeness (QED) is 0.754. The summed E-state index contributed by atoms with van der Waals surface area (Å²) < 4.78 is 5.49. The van der Waals surface area contributed by atoms with Crippen LogP contribution in [0, 0.1) is 5.92 Å². The Balaban J connectivity index is 2.31. The first-order chi connectivity index (χ1) is 7.65. The van der Waals surface area contributed by atoms with E-state index in [1.54, 1.807) is 11.8 Å². The summed E-state index contributed by atoms with van der Waals surface area (Å²) in [6.07, 6.45) is 7.42. The molecule has 0 heterocycles. The maximum atomic E-state index is 11.7. The highest BCUT2D eigenvalue weighted by Gasteiger charge is 2.26. The van der Waals surface area contributed by atoms with E-state index in [1.807, 2.05) is 6.26 Å². The minimum atomic E-state index is -0.443. The zero-order valence-electron chi connectivity index (χ0n) is 10.3. The molecule has 3 unspecified atom stereocenters. The van der Waals surface area contributed by atoms with Crippen LogP contribution in [0.1, 0.15) is 39.0 Å². The number of thioether (sulfide) groups is 1. The molecule has 3 nitrogen and oxygen atoms in total. The Hall–Kier alpha value is -0.220. The van der Waals surface area contributed by atoms with E-state index < -0.39 is 6.04 Å². The first-order valence-electron chi connectivity index (χ1n) is 6.10. The number of rotatable bonds is 5. The van der Waals surface area contributed by atoms with Gasteiger partial charge in [-0.1, -0.05) is 13.3 Å². The van der Waals surface area contributed by atoms with Crippen molar-refractivity contribution in [3.63, 3.8) is 0 Å². The lowest BCUT2D eigenvalue weighted by Crippen LogP contribution is -2.38. The highest BCUT2D eigenvalue weighted by atomic mass is 32.2. The summed E-state index contributed by atoms with van der Waals surface area (Å²) in [6, 6.07) is -0.443. The molecule has 1 saturated carbocycles. The van der Waals surface area contributed by atoms with Gasteiger partial charge in [0.15, 0.2) is 0 Å². The molecule has 0 amide bonds. The molecule has 16 heavy (non-hydrogen) atoms. The van der Waals surface area contributed by atoms with Crippen molar-refractivity contribution in [2.24, 2.45) is 11.7 Å². The third-order valence-corrected chi connectivity index (χ3v) is 3.88. The highest BCUT2D eigenvalue weighted by molar-refractivity contribution is 7.98. The molecule has 0 aromatic rings. The lowest BCUT2D eigenvalue weighted by molar-refractivity contribution is -0.154. The summed E-state index contributed by atoms with van der Waals surface area (Å²) in [4.78, 5) is 11.7. The fourth-order valence-corrected chi connectivity index (χ4v) is 2.55. The van der Waals surface area contributed by atoms with Gasteiger partial charge in [-0.25, -0.2) is 0 Å². The van der Waals surface area contributed by atoms with Crippen LogP contribution >= 0.6 is 11.8 Å². The average molecular weight is 245 g/mol. The van der Waals surface area contributed by atoms with E-state index in [2.05, 4.69) is 6.92 Å². The van der Waals surface area contributed by atoms with E-state index >= 15 is 0 Å². The molecule has 0 aromatic carbocycles. The number of nitrogens with two attached hydrogens (primary N) is 1. The number of hydrogen-bond donors (Lipinski definition) is 1. The maximum absolute atomic E-state index is 11.7.